The van der Waals surface area contributed by atoms with E-state index in [0.717, 1.165) is 51.3 Å². The van der Waals surface area contributed by atoms with Crippen LogP contribution in [0, 0.1) is 0 Å². The van der Waals surface area contributed by atoms with Gasteiger partial charge in [0, 0.05) is 30.8 Å². The molecule has 0 aliphatic carbocycles. The molecule has 0 saturated carbocycles. The second-order valence-corrected chi connectivity index (χ2v) is 7.48. The summed E-state index contributed by atoms with van der Waals surface area (Å²) in [7, 11) is 1.49. The summed E-state index contributed by atoms with van der Waals surface area (Å²) in [6, 6.07) is 12.1. The van der Waals surface area contributed by atoms with Crippen LogP contribution in [0.1, 0.15) is 12.8 Å². The van der Waals surface area contributed by atoms with Gasteiger partial charge in [0.05, 0.1) is 26.9 Å². The average molecular weight is 425 g/mol. The largest absolute Gasteiger partial charge is 0.507 e. The molecule has 0 atom stereocenters. The van der Waals surface area contributed by atoms with Gasteiger partial charge in [-0.05, 0) is 19.4 Å². The van der Waals surface area contributed by atoms with E-state index < -0.39 is 0 Å². The Labute approximate surface area is 180 Å². The SMILES string of the molecule is COc1c(OCCCCN2CCOCC2)cc(O)c2c(=O)cc(-c3ccccc3)oc12. The number of hydrogen-bond donors (Lipinski definition) is 1. The highest BCUT2D eigenvalue weighted by molar-refractivity contribution is 5.91. The topological polar surface area (TPSA) is 81.4 Å². The van der Waals surface area contributed by atoms with Crippen molar-refractivity contribution in [3.05, 3.63) is 52.7 Å². The molecule has 1 fully saturated rings. The van der Waals surface area contributed by atoms with Crippen LogP contribution in [-0.2, 0) is 4.74 Å². The van der Waals surface area contributed by atoms with Crippen LogP contribution in [0.25, 0.3) is 22.3 Å². The molecule has 0 spiro atoms. The van der Waals surface area contributed by atoms with Crippen molar-refractivity contribution in [2.45, 2.75) is 12.8 Å². The molecule has 1 N–H and O–H groups in total. The van der Waals surface area contributed by atoms with Gasteiger partial charge in [0.25, 0.3) is 0 Å². The summed E-state index contributed by atoms with van der Waals surface area (Å²) in [5.41, 5.74) is 0.600. The van der Waals surface area contributed by atoms with Gasteiger partial charge in [0.15, 0.2) is 16.8 Å². The van der Waals surface area contributed by atoms with E-state index in [2.05, 4.69) is 4.90 Å². The highest BCUT2D eigenvalue weighted by Crippen LogP contribution is 2.41. The van der Waals surface area contributed by atoms with Crippen LogP contribution in [0.15, 0.2) is 51.7 Å². The number of hydrogen-bond acceptors (Lipinski definition) is 7. The number of morpholine rings is 1. The first kappa shape index (κ1) is 21.2. The fourth-order valence-electron chi connectivity index (χ4n) is 3.76. The number of phenolic OH excluding ortho intramolecular Hbond substituents is 1. The van der Waals surface area contributed by atoms with E-state index in [1.54, 1.807) is 0 Å². The molecule has 1 saturated heterocycles. The number of nitrogens with zero attached hydrogens (tertiary/aromatic N) is 1. The lowest BCUT2D eigenvalue weighted by molar-refractivity contribution is 0.0368. The Morgan fingerprint density at radius 1 is 1.10 bits per heavy atom. The fourth-order valence-corrected chi connectivity index (χ4v) is 3.76. The van der Waals surface area contributed by atoms with Crippen molar-refractivity contribution in [3.8, 4) is 28.6 Å². The zero-order valence-corrected chi connectivity index (χ0v) is 17.6. The summed E-state index contributed by atoms with van der Waals surface area (Å²) in [6.45, 7) is 4.99. The van der Waals surface area contributed by atoms with E-state index in [4.69, 9.17) is 18.6 Å². The van der Waals surface area contributed by atoms with Gasteiger partial charge in [-0.1, -0.05) is 30.3 Å². The van der Waals surface area contributed by atoms with Crippen LogP contribution < -0.4 is 14.9 Å². The molecule has 2 heterocycles. The van der Waals surface area contributed by atoms with Crippen molar-refractivity contribution in [2.75, 3.05) is 46.6 Å². The predicted octanol–water partition coefficient (Wildman–Crippen LogP) is 3.67. The zero-order valence-electron chi connectivity index (χ0n) is 17.6. The summed E-state index contributed by atoms with van der Waals surface area (Å²) in [5, 5.41) is 10.6. The first-order chi connectivity index (χ1) is 15.2. The maximum atomic E-state index is 12.7. The molecule has 1 aliphatic rings. The molecule has 0 unspecified atom stereocenters. The number of ether oxygens (including phenoxy) is 3. The summed E-state index contributed by atoms with van der Waals surface area (Å²) in [6.07, 6.45) is 1.85. The number of fused-ring (bicyclic) bond motifs is 1. The maximum Gasteiger partial charge on any atom is 0.205 e. The number of methoxy groups -OCH3 is 1. The third kappa shape index (κ3) is 4.84. The number of phenols is 1. The minimum atomic E-state index is -0.340. The number of unbranched alkanes of at least 4 members (excludes halogenated alkanes) is 1. The molecule has 7 nitrogen and oxygen atoms in total. The van der Waals surface area contributed by atoms with Crippen LogP contribution in [0.3, 0.4) is 0 Å². The fraction of sp³-hybridized carbons (Fsp3) is 0.375. The highest BCUT2D eigenvalue weighted by atomic mass is 16.5. The van der Waals surface area contributed by atoms with Crippen molar-refractivity contribution in [2.24, 2.45) is 0 Å². The Morgan fingerprint density at radius 2 is 1.87 bits per heavy atom. The molecule has 0 bridgehead atoms. The third-order valence-electron chi connectivity index (χ3n) is 5.39. The van der Waals surface area contributed by atoms with Crippen molar-refractivity contribution < 1.29 is 23.7 Å². The van der Waals surface area contributed by atoms with Gasteiger partial charge in [0.2, 0.25) is 5.75 Å². The Bertz CT molecular complexity index is 1070. The molecule has 3 aromatic rings. The van der Waals surface area contributed by atoms with Gasteiger partial charge < -0.3 is 23.7 Å². The smallest absolute Gasteiger partial charge is 0.205 e. The van der Waals surface area contributed by atoms with Gasteiger partial charge in [-0.3, -0.25) is 9.69 Å². The molecule has 1 aromatic heterocycles. The van der Waals surface area contributed by atoms with E-state index in [1.807, 2.05) is 30.3 Å². The quantitative estimate of drug-likeness (QED) is 0.552. The summed E-state index contributed by atoms with van der Waals surface area (Å²) in [4.78, 5) is 15.1. The number of aromatic hydroxyl groups is 1. The Hall–Kier alpha value is -3.03. The van der Waals surface area contributed by atoms with Gasteiger partial charge >= 0.3 is 0 Å². The monoisotopic (exact) mass is 425 g/mol. The van der Waals surface area contributed by atoms with Crippen molar-refractivity contribution >= 4 is 11.0 Å². The lowest BCUT2D eigenvalue weighted by atomic mass is 10.1. The molecule has 2 aromatic carbocycles. The average Bonchev–Trinajstić information content (AvgIpc) is 2.80. The minimum absolute atomic E-state index is 0.0798. The van der Waals surface area contributed by atoms with Crippen LogP contribution in [-0.4, -0.2) is 56.6 Å². The van der Waals surface area contributed by atoms with Gasteiger partial charge in [-0.25, -0.2) is 0 Å². The van der Waals surface area contributed by atoms with E-state index in [-0.39, 0.29) is 22.1 Å². The molecule has 1 aliphatic heterocycles. The number of benzene rings is 2. The Balaban J connectivity index is 1.53. The lowest BCUT2D eigenvalue weighted by Gasteiger charge is -2.26. The van der Waals surface area contributed by atoms with Crippen LogP contribution >= 0.6 is 0 Å². The normalized spacial score (nSPS) is 14.6. The van der Waals surface area contributed by atoms with Gasteiger partial charge in [-0.15, -0.1) is 0 Å². The van der Waals surface area contributed by atoms with Crippen LogP contribution in [0.2, 0.25) is 0 Å². The molecule has 0 amide bonds. The second kappa shape index (κ2) is 9.85. The molecule has 7 heteroatoms. The maximum absolute atomic E-state index is 12.7. The molecular formula is C24H27NO6. The van der Waals surface area contributed by atoms with E-state index in [9.17, 15) is 9.90 Å². The minimum Gasteiger partial charge on any atom is -0.507 e. The molecule has 31 heavy (non-hydrogen) atoms. The van der Waals surface area contributed by atoms with Gasteiger partial charge in [-0.2, -0.15) is 0 Å². The van der Waals surface area contributed by atoms with Crippen LogP contribution in [0.4, 0.5) is 0 Å². The molecule has 4 rings (SSSR count). The standard InChI is InChI=1S/C24H27NO6/c1-28-23-21(30-12-6-5-9-25-10-13-29-14-11-25)16-19(27)22-18(26)15-20(31-24(22)23)17-7-3-2-4-8-17/h2-4,7-8,15-16,27H,5-6,9-14H2,1H3. The predicted molar refractivity (Wildman–Crippen MR) is 118 cm³/mol. The van der Waals surface area contributed by atoms with Crippen LogP contribution in [0.5, 0.6) is 17.2 Å². The molecule has 0 radical (unpaired) electrons. The lowest BCUT2D eigenvalue weighted by Crippen LogP contribution is -2.36. The summed E-state index contributed by atoms with van der Waals surface area (Å²) in [5.74, 6) is 0.869. The molecule has 164 valence electrons. The summed E-state index contributed by atoms with van der Waals surface area (Å²) >= 11 is 0. The molecular weight excluding hydrogens is 398 g/mol. The van der Waals surface area contributed by atoms with Crippen molar-refractivity contribution in [3.63, 3.8) is 0 Å². The van der Waals surface area contributed by atoms with Crippen molar-refractivity contribution in [1.29, 1.82) is 0 Å². The highest BCUT2D eigenvalue weighted by Gasteiger charge is 2.20. The van der Waals surface area contributed by atoms with E-state index in [1.165, 1.54) is 19.2 Å². The second-order valence-electron chi connectivity index (χ2n) is 7.48. The zero-order chi connectivity index (χ0) is 21.6. The number of rotatable bonds is 8. The van der Waals surface area contributed by atoms with Gasteiger partial charge in [0.1, 0.15) is 16.9 Å². The van der Waals surface area contributed by atoms with Crippen molar-refractivity contribution in [1.82, 2.24) is 4.90 Å². The first-order valence-electron chi connectivity index (χ1n) is 10.5. The van der Waals surface area contributed by atoms with E-state index in [0.29, 0.717) is 23.9 Å². The van der Waals surface area contributed by atoms with E-state index >= 15 is 0 Å². The summed E-state index contributed by atoms with van der Waals surface area (Å²) < 4.78 is 22.8. The first-order valence-corrected chi connectivity index (χ1v) is 10.5. The Kier molecular flexibility index (Phi) is 6.74. The third-order valence-corrected chi connectivity index (χ3v) is 5.39. The Morgan fingerprint density at radius 3 is 2.61 bits per heavy atom.